The van der Waals surface area contributed by atoms with E-state index in [0.717, 1.165) is 57.5 Å². The lowest BCUT2D eigenvalue weighted by molar-refractivity contribution is 0.172. The fourth-order valence-corrected chi connectivity index (χ4v) is 3.89. The molecule has 2 aromatic carbocycles. The minimum absolute atomic E-state index is 0.557. The van der Waals surface area contributed by atoms with Gasteiger partial charge in [0.15, 0.2) is 16.6 Å². The molecule has 7 heteroatoms. The summed E-state index contributed by atoms with van der Waals surface area (Å²) in [5.74, 6) is 1.45. The summed E-state index contributed by atoms with van der Waals surface area (Å²) < 4.78 is 11.3. The molecule has 5 rings (SSSR count). The maximum absolute atomic E-state index is 5.66. The maximum atomic E-state index is 5.66. The van der Waals surface area contributed by atoms with E-state index in [9.17, 15) is 0 Å². The summed E-state index contributed by atoms with van der Waals surface area (Å²) in [6, 6.07) is 9.76. The number of ether oxygens (including phenoxy) is 2. The van der Waals surface area contributed by atoms with Crippen LogP contribution in [-0.2, 0) is 0 Å². The quantitative estimate of drug-likeness (QED) is 0.510. The second-order valence-corrected chi connectivity index (χ2v) is 7.28. The minimum Gasteiger partial charge on any atom is -0.486 e. The second-order valence-electron chi connectivity index (χ2n) is 6.89. The number of nitrogens with zero attached hydrogens (tertiary/aromatic N) is 3. The van der Waals surface area contributed by atoms with Gasteiger partial charge in [0.1, 0.15) is 13.2 Å². The van der Waals surface area contributed by atoms with Crippen LogP contribution in [0.15, 0.2) is 30.3 Å². The molecule has 0 aliphatic carbocycles. The van der Waals surface area contributed by atoms with E-state index in [1.165, 1.54) is 19.3 Å². The van der Waals surface area contributed by atoms with Gasteiger partial charge in [-0.05, 0) is 49.7 Å². The zero-order chi connectivity index (χ0) is 18.2. The Balaban J connectivity index is 1.47. The van der Waals surface area contributed by atoms with Gasteiger partial charge in [-0.15, -0.1) is 0 Å². The Kier molecular flexibility index (Phi) is 4.16. The molecule has 0 radical (unpaired) electrons. The number of likely N-dealkylation sites (tertiary alicyclic amines) is 1. The summed E-state index contributed by atoms with van der Waals surface area (Å²) in [5.41, 5.74) is 4.20. The van der Waals surface area contributed by atoms with E-state index in [0.29, 0.717) is 13.2 Å². The van der Waals surface area contributed by atoms with Gasteiger partial charge in [0.25, 0.3) is 0 Å². The smallest absolute Gasteiger partial charge is 0.173 e. The SMILES string of the molecule is S=C(Nc1ccc2nc3cc4c(cc3nc2c1)OCCO4)N1CCCCC1. The first-order valence-corrected chi connectivity index (χ1v) is 9.74. The van der Waals surface area contributed by atoms with E-state index in [1.54, 1.807) is 0 Å². The molecule has 3 aromatic rings. The molecule has 1 fully saturated rings. The van der Waals surface area contributed by atoms with Crippen molar-refractivity contribution in [2.45, 2.75) is 19.3 Å². The summed E-state index contributed by atoms with van der Waals surface area (Å²) in [6.07, 6.45) is 3.69. The Hall–Kier alpha value is -2.67. The number of rotatable bonds is 1. The van der Waals surface area contributed by atoms with Crippen LogP contribution >= 0.6 is 12.2 Å². The molecule has 0 unspecified atom stereocenters. The van der Waals surface area contributed by atoms with Gasteiger partial charge in [0.2, 0.25) is 0 Å². The molecule has 27 heavy (non-hydrogen) atoms. The third-order valence-corrected chi connectivity index (χ3v) is 5.35. The summed E-state index contributed by atoms with van der Waals surface area (Å²) in [7, 11) is 0. The highest BCUT2D eigenvalue weighted by molar-refractivity contribution is 7.80. The van der Waals surface area contributed by atoms with Crippen molar-refractivity contribution in [1.29, 1.82) is 0 Å². The molecule has 1 aromatic heterocycles. The molecule has 1 N–H and O–H groups in total. The number of piperidine rings is 1. The number of nitrogens with one attached hydrogen (secondary N) is 1. The van der Waals surface area contributed by atoms with Gasteiger partial charge >= 0.3 is 0 Å². The average Bonchev–Trinajstić information content (AvgIpc) is 2.71. The van der Waals surface area contributed by atoms with Crippen molar-refractivity contribution < 1.29 is 9.47 Å². The van der Waals surface area contributed by atoms with Gasteiger partial charge < -0.3 is 19.7 Å². The lowest BCUT2D eigenvalue weighted by Crippen LogP contribution is -2.38. The summed E-state index contributed by atoms with van der Waals surface area (Å²) in [5, 5.41) is 4.13. The van der Waals surface area contributed by atoms with Crippen LogP contribution in [0.2, 0.25) is 0 Å². The Morgan fingerprint density at radius 1 is 0.852 bits per heavy atom. The summed E-state index contributed by atoms with van der Waals surface area (Å²) in [6.45, 7) is 3.17. The molecule has 3 heterocycles. The van der Waals surface area contributed by atoms with Crippen LogP contribution in [0, 0.1) is 0 Å². The number of hydrogen-bond acceptors (Lipinski definition) is 5. The minimum atomic E-state index is 0.557. The molecule has 6 nitrogen and oxygen atoms in total. The fraction of sp³-hybridized carbons (Fsp3) is 0.350. The first-order valence-electron chi connectivity index (χ1n) is 9.33. The highest BCUT2D eigenvalue weighted by Gasteiger charge is 2.16. The number of fused-ring (bicyclic) bond motifs is 3. The van der Waals surface area contributed by atoms with Crippen molar-refractivity contribution in [3.8, 4) is 11.5 Å². The van der Waals surface area contributed by atoms with Crippen molar-refractivity contribution in [1.82, 2.24) is 14.9 Å². The number of aromatic nitrogens is 2. The molecule has 0 atom stereocenters. The highest BCUT2D eigenvalue weighted by Crippen LogP contribution is 2.34. The molecule has 2 aliphatic heterocycles. The Morgan fingerprint density at radius 2 is 1.48 bits per heavy atom. The van der Waals surface area contributed by atoms with Gasteiger partial charge in [-0.2, -0.15) is 0 Å². The number of hydrogen-bond donors (Lipinski definition) is 1. The molecular weight excluding hydrogens is 360 g/mol. The maximum Gasteiger partial charge on any atom is 0.173 e. The van der Waals surface area contributed by atoms with Crippen molar-refractivity contribution in [2.75, 3.05) is 31.6 Å². The van der Waals surface area contributed by atoms with E-state index in [1.807, 2.05) is 30.3 Å². The molecule has 138 valence electrons. The van der Waals surface area contributed by atoms with Crippen LogP contribution in [-0.4, -0.2) is 46.3 Å². The van der Waals surface area contributed by atoms with Crippen LogP contribution in [0.25, 0.3) is 22.1 Å². The van der Waals surface area contributed by atoms with E-state index in [-0.39, 0.29) is 0 Å². The first kappa shape index (κ1) is 16.5. The zero-order valence-electron chi connectivity index (χ0n) is 14.9. The molecular formula is C20H20N4O2S. The van der Waals surface area contributed by atoms with E-state index >= 15 is 0 Å². The first-order chi connectivity index (χ1) is 13.3. The molecule has 1 saturated heterocycles. The van der Waals surface area contributed by atoms with Crippen molar-refractivity contribution in [3.63, 3.8) is 0 Å². The van der Waals surface area contributed by atoms with Crippen LogP contribution < -0.4 is 14.8 Å². The van der Waals surface area contributed by atoms with Gasteiger partial charge in [-0.3, -0.25) is 0 Å². The number of thiocarbonyl (C=S) groups is 1. The summed E-state index contributed by atoms with van der Waals surface area (Å²) in [4.78, 5) is 11.7. The van der Waals surface area contributed by atoms with Crippen molar-refractivity contribution >= 4 is 45.1 Å². The third kappa shape index (κ3) is 3.23. The monoisotopic (exact) mass is 380 g/mol. The Bertz CT molecular complexity index is 1030. The number of anilines is 1. The lowest BCUT2D eigenvalue weighted by Gasteiger charge is -2.29. The topological polar surface area (TPSA) is 59.5 Å². The van der Waals surface area contributed by atoms with Gasteiger partial charge in [0, 0.05) is 30.9 Å². The van der Waals surface area contributed by atoms with E-state index in [4.69, 9.17) is 31.7 Å². The average molecular weight is 380 g/mol. The Morgan fingerprint density at radius 3 is 2.19 bits per heavy atom. The van der Waals surface area contributed by atoms with E-state index in [2.05, 4.69) is 10.2 Å². The molecule has 0 bridgehead atoms. The third-order valence-electron chi connectivity index (χ3n) is 4.99. The standard InChI is InChI=1S/C20H20N4O2S/c27-20(24-6-2-1-3-7-24)21-13-4-5-14-15(10-13)23-17-12-19-18(11-16(17)22-14)25-8-9-26-19/h4-5,10-12H,1-3,6-9H2,(H,21,27). The van der Waals surface area contributed by atoms with Crippen LogP contribution in [0.3, 0.4) is 0 Å². The summed E-state index contributed by atoms with van der Waals surface area (Å²) >= 11 is 5.57. The molecule has 0 saturated carbocycles. The lowest BCUT2D eigenvalue weighted by atomic mass is 10.1. The zero-order valence-corrected chi connectivity index (χ0v) is 15.7. The predicted octanol–water partition coefficient (Wildman–Crippen LogP) is 3.74. The van der Waals surface area contributed by atoms with E-state index < -0.39 is 0 Å². The highest BCUT2D eigenvalue weighted by atomic mass is 32.1. The van der Waals surface area contributed by atoms with Crippen LogP contribution in [0.5, 0.6) is 11.5 Å². The molecule has 2 aliphatic rings. The van der Waals surface area contributed by atoms with Crippen molar-refractivity contribution in [3.05, 3.63) is 30.3 Å². The van der Waals surface area contributed by atoms with Crippen LogP contribution in [0.1, 0.15) is 19.3 Å². The second kappa shape index (κ2) is 6.81. The molecule has 0 spiro atoms. The van der Waals surface area contributed by atoms with Gasteiger partial charge in [0.05, 0.1) is 22.1 Å². The van der Waals surface area contributed by atoms with Crippen molar-refractivity contribution in [2.24, 2.45) is 0 Å². The predicted molar refractivity (Wildman–Crippen MR) is 110 cm³/mol. The van der Waals surface area contributed by atoms with Gasteiger partial charge in [-0.1, -0.05) is 0 Å². The Labute approximate surface area is 162 Å². The van der Waals surface area contributed by atoms with Crippen LogP contribution in [0.4, 0.5) is 5.69 Å². The largest absolute Gasteiger partial charge is 0.486 e. The normalized spacial score (nSPS) is 16.5. The number of benzene rings is 2. The fourth-order valence-electron chi connectivity index (χ4n) is 3.59. The molecule has 0 amide bonds. The van der Waals surface area contributed by atoms with Gasteiger partial charge in [-0.25, -0.2) is 9.97 Å².